The van der Waals surface area contributed by atoms with Crippen LogP contribution in [0, 0.1) is 10.1 Å². The molecule has 0 unspecified atom stereocenters. The number of hydrogen-bond acceptors (Lipinski definition) is 4. The van der Waals surface area contributed by atoms with Crippen LogP contribution < -0.4 is 5.32 Å². The molecule has 0 saturated carbocycles. The van der Waals surface area contributed by atoms with Gasteiger partial charge in [-0.1, -0.05) is 6.07 Å². The molecule has 0 saturated heterocycles. The Morgan fingerprint density at radius 2 is 2.33 bits per heavy atom. The molecule has 1 amide bonds. The van der Waals surface area contributed by atoms with Crippen LogP contribution in [-0.2, 0) is 11.3 Å². The summed E-state index contributed by atoms with van der Waals surface area (Å²) in [6, 6.07) is 5.79. The van der Waals surface area contributed by atoms with Gasteiger partial charge in [0.2, 0.25) is 5.91 Å². The molecule has 18 heavy (non-hydrogen) atoms. The molecule has 0 atom stereocenters. The number of imidazole rings is 1. The minimum atomic E-state index is -0.508. The summed E-state index contributed by atoms with van der Waals surface area (Å²) in [4.78, 5) is 25.5. The molecule has 2 aromatic rings. The van der Waals surface area contributed by atoms with Crippen molar-refractivity contribution in [3.05, 3.63) is 53.1 Å². The number of nitro groups is 1. The average Bonchev–Trinajstić information content (AvgIpc) is 2.82. The van der Waals surface area contributed by atoms with Crippen LogP contribution in [0.3, 0.4) is 0 Å². The summed E-state index contributed by atoms with van der Waals surface area (Å²) in [5, 5.41) is 13.2. The number of carbonyl (C=O) groups is 1. The first-order valence-electron chi connectivity index (χ1n) is 5.15. The Morgan fingerprint density at radius 3 is 3.00 bits per heavy atom. The quantitative estimate of drug-likeness (QED) is 0.652. The van der Waals surface area contributed by atoms with Crippen LogP contribution in [-0.4, -0.2) is 20.4 Å². The van der Waals surface area contributed by atoms with Crippen LogP contribution in [0.5, 0.6) is 0 Å². The molecular formula is C11H10N4O3. The maximum Gasteiger partial charge on any atom is 0.271 e. The van der Waals surface area contributed by atoms with Crippen molar-refractivity contribution in [1.29, 1.82) is 0 Å². The van der Waals surface area contributed by atoms with Crippen LogP contribution in [0.1, 0.15) is 0 Å². The lowest BCUT2D eigenvalue weighted by Crippen LogP contribution is -2.17. The van der Waals surface area contributed by atoms with Crippen molar-refractivity contribution in [3.8, 4) is 0 Å². The molecule has 0 spiro atoms. The van der Waals surface area contributed by atoms with E-state index in [2.05, 4.69) is 10.3 Å². The van der Waals surface area contributed by atoms with Crippen LogP contribution >= 0.6 is 0 Å². The second kappa shape index (κ2) is 5.09. The molecule has 0 radical (unpaired) electrons. The van der Waals surface area contributed by atoms with Crippen molar-refractivity contribution in [2.75, 3.05) is 5.32 Å². The fourth-order valence-corrected chi connectivity index (χ4v) is 1.44. The highest BCUT2D eigenvalue weighted by Gasteiger charge is 2.08. The van der Waals surface area contributed by atoms with Gasteiger partial charge in [0.05, 0.1) is 11.3 Å². The van der Waals surface area contributed by atoms with Gasteiger partial charge in [-0.15, -0.1) is 0 Å². The number of nitro benzene ring substituents is 1. The summed E-state index contributed by atoms with van der Waals surface area (Å²) in [5.41, 5.74) is 0.338. The zero-order valence-corrected chi connectivity index (χ0v) is 9.31. The molecule has 2 rings (SSSR count). The number of hydrogen-bond donors (Lipinski definition) is 1. The molecule has 0 bridgehead atoms. The summed E-state index contributed by atoms with van der Waals surface area (Å²) in [7, 11) is 0. The van der Waals surface area contributed by atoms with Gasteiger partial charge >= 0.3 is 0 Å². The molecule has 1 heterocycles. The molecular weight excluding hydrogens is 236 g/mol. The van der Waals surface area contributed by atoms with Crippen molar-refractivity contribution < 1.29 is 9.72 Å². The van der Waals surface area contributed by atoms with Gasteiger partial charge in [0.25, 0.3) is 5.69 Å². The van der Waals surface area contributed by atoms with Crippen molar-refractivity contribution >= 4 is 17.3 Å². The van der Waals surface area contributed by atoms with Crippen LogP contribution in [0.15, 0.2) is 43.0 Å². The van der Waals surface area contributed by atoms with E-state index in [-0.39, 0.29) is 18.1 Å². The maximum atomic E-state index is 11.6. The first kappa shape index (κ1) is 11.8. The molecule has 92 valence electrons. The normalized spacial score (nSPS) is 10.0. The second-order valence-electron chi connectivity index (χ2n) is 3.59. The Labute approximate surface area is 102 Å². The lowest BCUT2D eigenvalue weighted by molar-refractivity contribution is -0.384. The number of benzene rings is 1. The number of anilines is 1. The largest absolute Gasteiger partial charge is 0.328 e. The summed E-state index contributed by atoms with van der Waals surface area (Å²) in [6.45, 7) is 0.114. The van der Waals surface area contributed by atoms with Crippen molar-refractivity contribution in [2.45, 2.75) is 6.54 Å². The third-order valence-electron chi connectivity index (χ3n) is 2.23. The Bertz CT molecular complexity index is 565. The summed E-state index contributed by atoms with van der Waals surface area (Å²) < 4.78 is 1.60. The average molecular weight is 246 g/mol. The third-order valence-corrected chi connectivity index (χ3v) is 2.23. The fraction of sp³-hybridized carbons (Fsp3) is 0.0909. The third kappa shape index (κ3) is 2.91. The zero-order valence-electron chi connectivity index (χ0n) is 9.31. The van der Waals surface area contributed by atoms with Gasteiger partial charge in [-0.05, 0) is 6.07 Å². The molecule has 0 aliphatic heterocycles. The Morgan fingerprint density at radius 1 is 1.50 bits per heavy atom. The van der Waals surface area contributed by atoms with Crippen LogP contribution in [0.25, 0.3) is 0 Å². The molecule has 1 aromatic carbocycles. The maximum absolute atomic E-state index is 11.6. The van der Waals surface area contributed by atoms with Gasteiger partial charge < -0.3 is 9.88 Å². The van der Waals surface area contributed by atoms with Gasteiger partial charge in [-0.2, -0.15) is 0 Å². The molecule has 1 aromatic heterocycles. The topological polar surface area (TPSA) is 90.1 Å². The SMILES string of the molecule is O=C(Cn1ccnc1)Nc1cccc([N+](=O)[O-])c1. The van der Waals surface area contributed by atoms with E-state index < -0.39 is 4.92 Å². The van der Waals surface area contributed by atoms with E-state index >= 15 is 0 Å². The monoisotopic (exact) mass is 246 g/mol. The highest BCUT2D eigenvalue weighted by molar-refractivity contribution is 5.90. The summed E-state index contributed by atoms with van der Waals surface area (Å²) in [6.07, 6.45) is 4.75. The minimum Gasteiger partial charge on any atom is -0.328 e. The van der Waals surface area contributed by atoms with Gasteiger partial charge in [-0.3, -0.25) is 14.9 Å². The lowest BCUT2D eigenvalue weighted by Gasteiger charge is -2.05. The van der Waals surface area contributed by atoms with Gasteiger partial charge in [0, 0.05) is 30.2 Å². The first-order chi connectivity index (χ1) is 8.65. The van der Waals surface area contributed by atoms with E-state index in [4.69, 9.17) is 0 Å². The second-order valence-corrected chi connectivity index (χ2v) is 3.59. The van der Waals surface area contributed by atoms with Crippen molar-refractivity contribution in [3.63, 3.8) is 0 Å². The van der Waals surface area contributed by atoms with Gasteiger partial charge in [0.1, 0.15) is 6.54 Å². The first-order valence-corrected chi connectivity index (χ1v) is 5.15. The number of nitrogens with one attached hydrogen (secondary N) is 1. The Hall–Kier alpha value is -2.70. The number of non-ortho nitro benzene ring substituents is 1. The van der Waals surface area contributed by atoms with E-state index in [9.17, 15) is 14.9 Å². The summed E-state index contributed by atoms with van der Waals surface area (Å²) in [5.74, 6) is -0.270. The number of rotatable bonds is 4. The minimum absolute atomic E-state index is 0.0598. The predicted molar refractivity (Wildman–Crippen MR) is 64.0 cm³/mol. The molecule has 0 aliphatic rings. The molecule has 0 fully saturated rings. The highest BCUT2D eigenvalue weighted by Crippen LogP contribution is 2.16. The highest BCUT2D eigenvalue weighted by atomic mass is 16.6. The zero-order chi connectivity index (χ0) is 13.0. The van der Waals surface area contributed by atoms with E-state index in [0.717, 1.165) is 0 Å². The lowest BCUT2D eigenvalue weighted by atomic mass is 10.3. The number of aromatic nitrogens is 2. The van der Waals surface area contributed by atoms with E-state index in [0.29, 0.717) is 5.69 Å². The van der Waals surface area contributed by atoms with Gasteiger partial charge in [-0.25, -0.2) is 4.98 Å². The van der Waals surface area contributed by atoms with Crippen LogP contribution in [0.4, 0.5) is 11.4 Å². The molecule has 7 nitrogen and oxygen atoms in total. The molecule has 7 heteroatoms. The number of nitrogens with zero attached hydrogens (tertiary/aromatic N) is 3. The smallest absolute Gasteiger partial charge is 0.271 e. The van der Waals surface area contributed by atoms with Crippen molar-refractivity contribution in [2.24, 2.45) is 0 Å². The van der Waals surface area contributed by atoms with Crippen LogP contribution in [0.2, 0.25) is 0 Å². The van der Waals surface area contributed by atoms with E-state index in [1.165, 1.54) is 24.5 Å². The van der Waals surface area contributed by atoms with E-state index in [1.807, 2.05) is 0 Å². The Kier molecular flexibility index (Phi) is 3.33. The summed E-state index contributed by atoms with van der Waals surface area (Å²) >= 11 is 0. The predicted octanol–water partition coefficient (Wildman–Crippen LogP) is 1.43. The molecule has 1 N–H and O–H groups in total. The number of amides is 1. The van der Waals surface area contributed by atoms with Gasteiger partial charge in [0.15, 0.2) is 0 Å². The molecule has 0 aliphatic carbocycles. The Balaban J connectivity index is 2.03. The fourth-order valence-electron chi connectivity index (χ4n) is 1.44. The van der Waals surface area contributed by atoms with Crippen molar-refractivity contribution in [1.82, 2.24) is 9.55 Å². The van der Waals surface area contributed by atoms with E-state index in [1.54, 1.807) is 23.0 Å². The standard InChI is InChI=1S/C11H10N4O3/c16-11(7-14-5-4-12-8-14)13-9-2-1-3-10(6-9)15(17)18/h1-6,8H,7H2,(H,13,16). The number of carbonyl (C=O) groups excluding carboxylic acids is 1.